The fourth-order valence-corrected chi connectivity index (χ4v) is 4.47. The van der Waals surface area contributed by atoms with Gasteiger partial charge in [0.25, 0.3) is 5.91 Å². The molecular formula is C23H21BrFN3O4. The largest absolute Gasteiger partial charge is 0.395 e. The number of aliphatic hydroxyl groups excluding tert-OH is 1. The molecular weight excluding hydrogens is 481 g/mol. The number of halogens is 2. The fourth-order valence-electron chi connectivity index (χ4n) is 4.03. The SMILES string of the molecule is O=C1C[C@@H](c2ccc(F)cc2)C(C(=O)Nc2cc3c(cc2Br)N(CCO)C(=O)CC3)=CN1. The van der Waals surface area contributed by atoms with E-state index in [1.54, 1.807) is 23.1 Å². The molecule has 0 spiro atoms. The molecule has 3 amide bonds. The highest BCUT2D eigenvalue weighted by Crippen LogP contribution is 2.37. The number of benzene rings is 2. The summed E-state index contributed by atoms with van der Waals surface area (Å²) in [6, 6.07) is 9.31. The van der Waals surface area contributed by atoms with Crippen molar-refractivity contribution in [2.75, 3.05) is 23.4 Å². The minimum Gasteiger partial charge on any atom is -0.395 e. The van der Waals surface area contributed by atoms with E-state index in [-0.39, 0.29) is 37.3 Å². The van der Waals surface area contributed by atoms with E-state index in [1.165, 1.54) is 18.3 Å². The number of rotatable bonds is 5. The van der Waals surface area contributed by atoms with Gasteiger partial charge in [0.15, 0.2) is 0 Å². The average molecular weight is 502 g/mol. The number of carbonyl (C=O) groups is 3. The summed E-state index contributed by atoms with van der Waals surface area (Å²) in [6.45, 7) is 0.0574. The molecule has 2 aromatic rings. The molecule has 32 heavy (non-hydrogen) atoms. The Morgan fingerprint density at radius 1 is 1.22 bits per heavy atom. The van der Waals surface area contributed by atoms with Crippen LogP contribution in [0, 0.1) is 5.82 Å². The second-order valence-electron chi connectivity index (χ2n) is 7.66. The van der Waals surface area contributed by atoms with Crippen LogP contribution < -0.4 is 15.5 Å². The smallest absolute Gasteiger partial charge is 0.253 e. The zero-order valence-electron chi connectivity index (χ0n) is 17.0. The molecule has 0 saturated carbocycles. The van der Waals surface area contributed by atoms with Gasteiger partial charge in [-0.05, 0) is 57.7 Å². The number of nitrogens with zero attached hydrogens (tertiary/aromatic N) is 1. The van der Waals surface area contributed by atoms with Crippen molar-refractivity contribution in [3.05, 3.63) is 69.6 Å². The quantitative estimate of drug-likeness (QED) is 0.586. The second-order valence-corrected chi connectivity index (χ2v) is 8.51. The molecule has 1 atom stereocenters. The van der Waals surface area contributed by atoms with Gasteiger partial charge < -0.3 is 20.6 Å². The third-order valence-electron chi connectivity index (χ3n) is 5.63. The standard InChI is InChI=1S/C23H21BrFN3O4/c24-18-11-20-14(3-6-22(31)28(20)7-8-29)9-19(18)27-23(32)17-12-26-21(30)10-16(17)13-1-4-15(25)5-2-13/h1-2,4-5,9,11-12,16,29H,3,6-8,10H2,(H,26,30)(H,27,32)/t16-/m0/s1. The highest BCUT2D eigenvalue weighted by molar-refractivity contribution is 9.10. The predicted octanol–water partition coefficient (Wildman–Crippen LogP) is 2.99. The van der Waals surface area contributed by atoms with Gasteiger partial charge in [-0.25, -0.2) is 4.39 Å². The third-order valence-corrected chi connectivity index (χ3v) is 6.28. The summed E-state index contributed by atoms with van der Waals surface area (Å²) < 4.78 is 13.9. The van der Waals surface area contributed by atoms with Gasteiger partial charge in [-0.3, -0.25) is 14.4 Å². The van der Waals surface area contributed by atoms with Crippen molar-refractivity contribution >= 4 is 45.0 Å². The molecule has 2 aliphatic rings. The molecule has 0 radical (unpaired) electrons. The Balaban J connectivity index is 1.61. The van der Waals surface area contributed by atoms with Crippen molar-refractivity contribution in [2.45, 2.75) is 25.2 Å². The molecule has 3 N–H and O–H groups in total. The van der Waals surface area contributed by atoms with Crippen LogP contribution in [-0.2, 0) is 20.8 Å². The minimum atomic E-state index is -0.501. The van der Waals surface area contributed by atoms with Crippen LogP contribution >= 0.6 is 15.9 Å². The summed E-state index contributed by atoms with van der Waals surface area (Å²) in [5.41, 5.74) is 3.15. The highest BCUT2D eigenvalue weighted by Gasteiger charge is 2.30. The van der Waals surface area contributed by atoms with Crippen LogP contribution in [0.5, 0.6) is 0 Å². The number of aryl methyl sites for hydroxylation is 1. The summed E-state index contributed by atoms with van der Waals surface area (Å²) in [6.07, 6.45) is 2.33. The molecule has 7 nitrogen and oxygen atoms in total. The number of carbonyl (C=O) groups excluding carboxylic acids is 3. The third kappa shape index (κ3) is 4.44. The van der Waals surface area contributed by atoms with E-state index in [0.29, 0.717) is 39.8 Å². The number of hydrogen-bond acceptors (Lipinski definition) is 4. The van der Waals surface area contributed by atoms with Crippen LogP contribution in [0.25, 0.3) is 0 Å². The predicted molar refractivity (Wildman–Crippen MR) is 121 cm³/mol. The molecule has 166 valence electrons. The Labute approximate surface area is 192 Å². The van der Waals surface area contributed by atoms with Gasteiger partial charge in [-0.2, -0.15) is 0 Å². The first-order valence-corrected chi connectivity index (χ1v) is 11.0. The normalized spacial score (nSPS) is 18.0. The van der Waals surface area contributed by atoms with Crippen LogP contribution in [0.15, 0.2) is 52.6 Å². The van der Waals surface area contributed by atoms with Gasteiger partial charge in [-0.1, -0.05) is 12.1 Å². The Kier molecular flexibility index (Phi) is 6.38. The molecule has 0 fully saturated rings. The van der Waals surface area contributed by atoms with E-state index in [0.717, 1.165) is 5.56 Å². The van der Waals surface area contributed by atoms with Crippen molar-refractivity contribution in [1.82, 2.24) is 5.32 Å². The van der Waals surface area contributed by atoms with Gasteiger partial charge in [0.2, 0.25) is 11.8 Å². The number of hydrogen-bond donors (Lipinski definition) is 3. The van der Waals surface area contributed by atoms with E-state index in [4.69, 9.17) is 0 Å². The van der Waals surface area contributed by atoms with Gasteiger partial charge in [0, 0.05) is 47.2 Å². The molecule has 2 heterocycles. The topological polar surface area (TPSA) is 98.7 Å². The van der Waals surface area contributed by atoms with E-state index >= 15 is 0 Å². The van der Waals surface area contributed by atoms with Crippen molar-refractivity contribution in [2.24, 2.45) is 0 Å². The molecule has 2 aromatic carbocycles. The van der Waals surface area contributed by atoms with Crippen LogP contribution in [0.1, 0.15) is 29.9 Å². The van der Waals surface area contributed by atoms with Crippen LogP contribution in [0.3, 0.4) is 0 Å². The van der Waals surface area contributed by atoms with Crippen LogP contribution in [0.4, 0.5) is 15.8 Å². The maximum absolute atomic E-state index is 13.3. The number of nitrogens with one attached hydrogen (secondary N) is 2. The lowest BCUT2D eigenvalue weighted by Gasteiger charge is -2.30. The average Bonchev–Trinajstić information content (AvgIpc) is 2.77. The molecule has 2 aliphatic heterocycles. The first-order valence-electron chi connectivity index (χ1n) is 10.2. The lowest BCUT2D eigenvalue weighted by Crippen LogP contribution is -2.37. The summed E-state index contributed by atoms with van der Waals surface area (Å²) in [7, 11) is 0. The number of anilines is 2. The van der Waals surface area contributed by atoms with Gasteiger partial charge >= 0.3 is 0 Å². The first kappa shape index (κ1) is 22.2. The maximum atomic E-state index is 13.3. The van der Waals surface area contributed by atoms with Crippen molar-refractivity contribution < 1.29 is 23.9 Å². The molecule has 0 aromatic heterocycles. The van der Waals surface area contributed by atoms with Crippen molar-refractivity contribution in [1.29, 1.82) is 0 Å². The molecule has 0 aliphatic carbocycles. The Morgan fingerprint density at radius 3 is 2.69 bits per heavy atom. The Hall–Kier alpha value is -3.04. The molecule has 0 saturated heterocycles. The Morgan fingerprint density at radius 2 is 1.97 bits per heavy atom. The van der Waals surface area contributed by atoms with Crippen LogP contribution in [0.2, 0.25) is 0 Å². The number of β-amino-alcohol motifs (C(OH)–C–C–N with tert-alkyl or cyclic N) is 1. The van der Waals surface area contributed by atoms with Crippen molar-refractivity contribution in [3.63, 3.8) is 0 Å². The summed E-state index contributed by atoms with van der Waals surface area (Å²) in [5.74, 6) is -1.56. The first-order chi connectivity index (χ1) is 15.4. The Bertz CT molecular complexity index is 1120. The van der Waals surface area contributed by atoms with E-state index in [9.17, 15) is 23.9 Å². The lowest BCUT2D eigenvalue weighted by molar-refractivity contribution is -0.121. The monoisotopic (exact) mass is 501 g/mol. The molecule has 4 rings (SSSR count). The zero-order valence-corrected chi connectivity index (χ0v) is 18.6. The van der Waals surface area contributed by atoms with Gasteiger partial charge in [-0.15, -0.1) is 0 Å². The molecule has 0 bridgehead atoms. The van der Waals surface area contributed by atoms with Crippen molar-refractivity contribution in [3.8, 4) is 0 Å². The number of amides is 3. The number of fused-ring (bicyclic) bond motifs is 1. The zero-order chi connectivity index (χ0) is 22.8. The van der Waals surface area contributed by atoms with E-state index < -0.39 is 11.7 Å². The lowest BCUT2D eigenvalue weighted by atomic mass is 9.86. The van der Waals surface area contributed by atoms with Gasteiger partial charge in [0.1, 0.15) is 5.82 Å². The maximum Gasteiger partial charge on any atom is 0.253 e. The fraction of sp³-hybridized carbons (Fsp3) is 0.261. The summed E-state index contributed by atoms with van der Waals surface area (Å²) in [4.78, 5) is 38.8. The molecule has 9 heteroatoms. The summed E-state index contributed by atoms with van der Waals surface area (Å²) in [5, 5.41) is 14.7. The minimum absolute atomic E-state index is 0.0551. The number of aliphatic hydroxyl groups is 1. The van der Waals surface area contributed by atoms with E-state index in [2.05, 4.69) is 26.6 Å². The van der Waals surface area contributed by atoms with Gasteiger partial charge in [0.05, 0.1) is 12.3 Å². The highest BCUT2D eigenvalue weighted by atomic mass is 79.9. The van der Waals surface area contributed by atoms with E-state index in [1.807, 2.05) is 6.07 Å². The summed E-state index contributed by atoms with van der Waals surface area (Å²) >= 11 is 3.46. The molecule has 0 unspecified atom stereocenters. The van der Waals surface area contributed by atoms with Crippen LogP contribution in [-0.4, -0.2) is 36.0 Å². The second kappa shape index (κ2) is 9.22.